The molecule has 2 aliphatic rings. The number of fused-ring (bicyclic) bond motifs is 2. The van der Waals surface area contributed by atoms with Crippen LogP contribution >= 0.6 is 0 Å². The van der Waals surface area contributed by atoms with Gasteiger partial charge in [-0.3, -0.25) is 4.79 Å². The fourth-order valence-corrected chi connectivity index (χ4v) is 1.45. The Kier molecular flexibility index (Phi) is 7.26. The maximum atomic E-state index is 10.2. The van der Waals surface area contributed by atoms with Crippen LogP contribution in [-0.2, 0) is 11.2 Å². The van der Waals surface area contributed by atoms with Gasteiger partial charge in [-0.25, -0.2) is 0 Å². The summed E-state index contributed by atoms with van der Waals surface area (Å²) < 4.78 is 7.15. The number of hydrogen-bond donors (Lipinski definition) is 1. The minimum absolute atomic E-state index is 0.112. The van der Waals surface area contributed by atoms with Crippen LogP contribution in [0.5, 0.6) is 11.5 Å². The van der Waals surface area contributed by atoms with Crippen molar-refractivity contribution in [1.29, 1.82) is 0 Å². The summed E-state index contributed by atoms with van der Waals surface area (Å²) in [5.41, 5.74) is 0.843. The van der Waals surface area contributed by atoms with Crippen molar-refractivity contribution in [3.63, 3.8) is 0 Å². The van der Waals surface area contributed by atoms with E-state index < -0.39 is 5.97 Å². The predicted molar refractivity (Wildman–Crippen MR) is 75.9 cm³/mol. The van der Waals surface area contributed by atoms with Gasteiger partial charge in [-0.1, -0.05) is 36.4 Å². The molecule has 19 heavy (non-hydrogen) atoms. The summed E-state index contributed by atoms with van der Waals surface area (Å²) in [5, 5.41) is 8.37. The van der Waals surface area contributed by atoms with Crippen molar-refractivity contribution < 1.29 is 14.6 Å². The molecule has 94 valence electrons. The molecule has 0 saturated heterocycles. The van der Waals surface area contributed by atoms with Crippen molar-refractivity contribution in [3.05, 3.63) is 60.2 Å². The molecule has 0 saturated carbocycles. The van der Waals surface area contributed by atoms with Gasteiger partial charge in [0.05, 0.1) is 6.42 Å². The molecular weight excluding hydrogens is 251 g/mol. The van der Waals surface area contributed by atoms with Crippen LogP contribution < -0.4 is 4.74 Å². The Morgan fingerprint density at radius 2 is 1.58 bits per heavy atom. The first-order chi connectivity index (χ1) is 9.24. The Morgan fingerprint density at radius 1 is 1.05 bits per heavy atom. The second-order valence-electron chi connectivity index (χ2n) is 3.63. The van der Waals surface area contributed by atoms with Crippen LogP contribution in [0.3, 0.4) is 0 Å². The first-order valence-corrected chi connectivity index (χ1v) is 8.28. The molecule has 0 aliphatic carbocycles. The topological polar surface area (TPSA) is 46.5 Å². The zero-order valence-corrected chi connectivity index (χ0v) is 13.2. The molecule has 0 fully saturated rings. The summed E-state index contributed by atoms with van der Waals surface area (Å²) in [7, 11) is 0. The molecule has 0 amide bonds. The number of carboxylic acid groups (broad SMARTS) is 1. The van der Waals surface area contributed by atoms with Gasteiger partial charge < -0.3 is 9.84 Å². The molecule has 0 atom stereocenters. The molecule has 2 aromatic carbocycles. The van der Waals surface area contributed by atoms with Crippen LogP contribution in [0.15, 0.2) is 54.6 Å². The van der Waals surface area contributed by atoms with E-state index in [1.165, 1.54) is 27.9 Å². The molecule has 0 unspecified atom stereocenters. The van der Waals surface area contributed by atoms with Crippen molar-refractivity contribution in [1.82, 2.24) is 0 Å². The quantitative estimate of drug-likeness (QED) is 0.724. The fourth-order valence-electron chi connectivity index (χ4n) is 1.45. The van der Waals surface area contributed by atoms with E-state index in [0.717, 1.165) is 17.1 Å². The molecule has 1 N–H and O–H groups in total. The van der Waals surface area contributed by atoms with E-state index in [1.807, 2.05) is 42.5 Å². The Labute approximate surface area is 130 Å². The molecule has 2 aliphatic heterocycles. The molecule has 3 nitrogen and oxygen atoms in total. The number of ether oxygens (including phenoxy) is 1. The SMILES string of the molecule is O=C(O)Cc1ccccc1.[CH3][Na].c1cc2cc(c1)O2. The van der Waals surface area contributed by atoms with E-state index in [1.54, 1.807) is 12.1 Å². The normalized spacial score (nSPS) is 9.63. The number of rotatable bonds is 2. The molecule has 2 aromatic rings. The third-order valence-electron chi connectivity index (χ3n) is 2.24. The van der Waals surface area contributed by atoms with E-state index >= 15 is 0 Å². The van der Waals surface area contributed by atoms with Crippen LogP contribution in [0.1, 0.15) is 5.56 Å². The van der Waals surface area contributed by atoms with Crippen molar-refractivity contribution >= 4 is 33.9 Å². The van der Waals surface area contributed by atoms with Gasteiger partial charge in [-0.05, 0) is 17.7 Å². The minimum Gasteiger partial charge on any atom is -0.457 e. The Balaban J connectivity index is 0.000000174. The van der Waals surface area contributed by atoms with Gasteiger partial charge in [0.1, 0.15) is 11.5 Å². The van der Waals surface area contributed by atoms with Gasteiger partial charge in [0.15, 0.2) is 0 Å². The number of benzene rings is 2. The second kappa shape index (κ2) is 8.75. The first-order valence-electron chi connectivity index (χ1n) is 6.28. The third kappa shape index (κ3) is 5.92. The van der Waals surface area contributed by atoms with Crippen LogP contribution in [0, 0.1) is 0 Å². The first kappa shape index (κ1) is 15.8. The maximum Gasteiger partial charge on any atom is 0.131 e. The summed E-state index contributed by atoms with van der Waals surface area (Å²) in [6, 6.07) is 17.0. The summed E-state index contributed by atoms with van der Waals surface area (Å²) >= 11 is 1.31. The zero-order valence-electron chi connectivity index (χ0n) is 11.2. The summed E-state index contributed by atoms with van der Waals surface area (Å²) in [6.07, 6.45) is 0.112. The molecule has 0 spiro atoms. The van der Waals surface area contributed by atoms with Gasteiger partial charge in [0, 0.05) is 6.07 Å². The molecule has 2 heterocycles. The predicted octanol–water partition coefficient (Wildman–Crippen LogP) is 3.31. The van der Waals surface area contributed by atoms with E-state index in [2.05, 4.69) is 4.17 Å². The van der Waals surface area contributed by atoms with Crippen molar-refractivity contribution in [3.8, 4) is 11.5 Å². The molecular formula is C15H15NaO3. The largest absolute Gasteiger partial charge is 0.457 e. The standard InChI is InChI=1S/C8H8O2.C6H4O.CH3.Na/c9-8(10)6-7-4-2-1-3-5-7;1-2-5-4-6(3-1)7-5;;/h1-5H,6H2,(H,9,10);1-4H;1H3;. The van der Waals surface area contributed by atoms with E-state index in [-0.39, 0.29) is 6.42 Å². The Hall–Kier alpha value is -1.29. The summed E-state index contributed by atoms with van der Waals surface area (Å²) in [4.78, 5) is 10.2. The average molecular weight is 266 g/mol. The van der Waals surface area contributed by atoms with Gasteiger partial charge in [-0.15, -0.1) is 0 Å². The van der Waals surface area contributed by atoms with Gasteiger partial charge in [0.2, 0.25) is 0 Å². The smallest absolute Gasteiger partial charge is 0.131 e. The maximum absolute atomic E-state index is 10.2. The van der Waals surface area contributed by atoms with Crippen molar-refractivity contribution in [2.75, 3.05) is 0 Å². The molecule has 0 radical (unpaired) electrons. The van der Waals surface area contributed by atoms with Gasteiger partial charge in [-0.2, -0.15) is 0 Å². The monoisotopic (exact) mass is 266 g/mol. The minimum atomic E-state index is -0.786. The molecule has 2 bridgehead atoms. The fraction of sp³-hybridized carbons (Fsp3) is 0.133. The summed E-state index contributed by atoms with van der Waals surface area (Å²) in [6.45, 7) is 0. The zero-order chi connectivity index (χ0) is 14.1. The Morgan fingerprint density at radius 3 is 1.89 bits per heavy atom. The molecule has 4 rings (SSSR count). The van der Waals surface area contributed by atoms with Gasteiger partial charge >= 0.3 is 38.1 Å². The second-order valence-corrected chi connectivity index (χ2v) is 3.63. The van der Waals surface area contributed by atoms with Crippen LogP contribution in [0.4, 0.5) is 0 Å². The Bertz CT molecular complexity index is 487. The van der Waals surface area contributed by atoms with Crippen molar-refractivity contribution in [2.24, 2.45) is 0 Å². The molecule has 0 aromatic heterocycles. The van der Waals surface area contributed by atoms with E-state index in [4.69, 9.17) is 9.84 Å². The third-order valence-corrected chi connectivity index (χ3v) is 2.24. The van der Waals surface area contributed by atoms with E-state index in [0.29, 0.717) is 0 Å². The van der Waals surface area contributed by atoms with E-state index in [9.17, 15) is 4.79 Å². The number of carbonyl (C=O) groups is 1. The van der Waals surface area contributed by atoms with Crippen LogP contribution in [0.2, 0.25) is 4.17 Å². The van der Waals surface area contributed by atoms with Crippen LogP contribution in [-0.4, -0.2) is 39.0 Å². The van der Waals surface area contributed by atoms with Crippen LogP contribution in [0.25, 0.3) is 0 Å². The molecule has 4 heteroatoms. The summed E-state index contributed by atoms with van der Waals surface area (Å²) in [5.74, 6) is 1.18. The average Bonchev–Trinajstić information content (AvgIpc) is 2.42. The number of carboxylic acids is 1. The van der Waals surface area contributed by atoms with Crippen molar-refractivity contribution in [2.45, 2.75) is 10.6 Å². The number of hydrogen-bond acceptors (Lipinski definition) is 2. The number of aliphatic carboxylic acids is 1. The van der Waals surface area contributed by atoms with Gasteiger partial charge in [0.25, 0.3) is 0 Å².